The maximum absolute atomic E-state index is 11.2. The van der Waals surface area contributed by atoms with Gasteiger partial charge in [0.2, 0.25) is 0 Å². The predicted octanol–water partition coefficient (Wildman–Crippen LogP) is 0.620. The third-order valence-electron chi connectivity index (χ3n) is 2.61. The molecule has 5 nitrogen and oxygen atoms in total. The van der Waals surface area contributed by atoms with Gasteiger partial charge in [0.25, 0.3) is 0 Å². The number of aromatic nitrogens is 1. The maximum atomic E-state index is 11.2. The molecule has 1 fully saturated rings. The van der Waals surface area contributed by atoms with Gasteiger partial charge in [0.15, 0.2) is 9.84 Å². The van der Waals surface area contributed by atoms with Crippen molar-refractivity contribution in [3.8, 4) is 5.75 Å². The molecule has 0 radical (unpaired) electrons. The lowest BCUT2D eigenvalue weighted by Gasteiger charge is -2.23. The van der Waals surface area contributed by atoms with E-state index in [2.05, 4.69) is 4.98 Å². The average Bonchev–Trinajstić information content (AvgIpc) is 2.24. The van der Waals surface area contributed by atoms with Crippen LogP contribution in [-0.4, -0.2) is 31.0 Å². The zero-order valence-corrected chi connectivity index (χ0v) is 9.61. The summed E-state index contributed by atoms with van der Waals surface area (Å²) in [6, 6.07) is 1.69. The monoisotopic (exact) mass is 242 g/mol. The van der Waals surface area contributed by atoms with Crippen LogP contribution in [0.5, 0.6) is 5.75 Å². The van der Waals surface area contributed by atoms with E-state index in [0.717, 1.165) is 0 Å². The van der Waals surface area contributed by atoms with Gasteiger partial charge in [-0.1, -0.05) is 0 Å². The van der Waals surface area contributed by atoms with Crippen LogP contribution in [0.4, 0.5) is 5.69 Å². The van der Waals surface area contributed by atoms with Crippen molar-refractivity contribution in [3.05, 3.63) is 18.5 Å². The third kappa shape index (κ3) is 2.63. The summed E-state index contributed by atoms with van der Waals surface area (Å²) in [7, 11) is -2.84. The SMILES string of the molecule is Nc1cnccc1OC1CCS(=O)(=O)CC1. The van der Waals surface area contributed by atoms with E-state index < -0.39 is 9.84 Å². The van der Waals surface area contributed by atoms with E-state index in [1.54, 1.807) is 12.3 Å². The molecule has 2 heterocycles. The van der Waals surface area contributed by atoms with Gasteiger partial charge in [0.1, 0.15) is 11.9 Å². The number of hydrogen-bond donors (Lipinski definition) is 1. The molecule has 6 heteroatoms. The average molecular weight is 242 g/mol. The van der Waals surface area contributed by atoms with Crippen LogP contribution in [-0.2, 0) is 9.84 Å². The van der Waals surface area contributed by atoms with Crippen LogP contribution < -0.4 is 10.5 Å². The topological polar surface area (TPSA) is 82.3 Å². The number of rotatable bonds is 2. The lowest BCUT2D eigenvalue weighted by atomic mass is 10.2. The summed E-state index contributed by atoms with van der Waals surface area (Å²) in [5, 5.41) is 0. The summed E-state index contributed by atoms with van der Waals surface area (Å²) >= 11 is 0. The van der Waals surface area contributed by atoms with Crippen molar-refractivity contribution in [2.24, 2.45) is 0 Å². The maximum Gasteiger partial charge on any atom is 0.150 e. The van der Waals surface area contributed by atoms with Gasteiger partial charge in [-0.05, 0) is 12.8 Å². The molecule has 0 spiro atoms. The van der Waals surface area contributed by atoms with Crippen LogP contribution in [0.1, 0.15) is 12.8 Å². The standard InChI is InChI=1S/C10H14N2O3S/c11-9-7-12-4-1-10(9)15-8-2-5-16(13,14)6-3-8/h1,4,7-8H,2-3,5-6,11H2. The number of ether oxygens (including phenoxy) is 1. The Kier molecular flexibility index (Phi) is 3.00. The third-order valence-corrected chi connectivity index (χ3v) is 4.32. The molecule has 0 aromatic carbocycles. The van der Waals surface area contributed by atoms with Gasteiger partial charge in [-0.2, -0.15) is 0 Å². The minimum Gasteiger partial charge on any atom is -0.488 e. The molecule has 0 atom stereocenters. The molecule has 1 aliphatic heterocycles. The zero-order chi connectivity index (χ0) is 11.6. The van der Waals surface area contributed by atoms with E-state index in [0.29, 0.717) is 24.3 Å². The lowest BCUT2D eigenvalue weighted by Crippen LogP contribution is -2.30. The molecular weight excluding hydrogens is 228 g/mol. The Morgan fingerprint density at radius 2 is 2.06 bits per heavy atom. The van der Waals surface area contributed by atoms with E-state index in [-0.39, 0.29) is 17.6 Å². The molecule has 0 amide bonds. The summed E-state index contributed by atoms with van der Waals surface area (Å²) < 4.78 is 28.1. The fourth-order valence-corrected chi connectivity index (χ4v) is 3.12. The molecule has 0 unspecified atom stereocenters. The Hall–Kier alpha value is -1.30. The summed E-state index contributed by atoms with van der Waals surface area (Å²) in [5.41, 5.74) is 6.17. The minimum atomic E-state index is -2.84. The van der Waals surface area contributed by atoms with Gasteiger partial charge in [-0.3, -0.25) is 4.98 Å². The van der Waals surface area contributed by atoms with Crippen LogP contribution in [0.15, 0.2) is 18.5 Å². The van der Waals surface area contributed by atoms with Crippen molar-refractivity contribution in [1.29, 1.82) is 0 Å². The number of pyridine rings is 1. The molecule has 0 bridgehead atoms. The lowest BCUT2D eigenvalue weighted by molar-refractivity contribution is 0.190. The number of nitrogens with two attached hydrogens (primary N) is 1. The van der Waals surface area contributed by atoms with Crippen LogP contribution in [0.2, 0.25) is 0 Å². The Balaban J connectivity index is 2.00. The van der Waals surface area contributed by atoms with Crippen molar-refractivity contribution >= 4 is 15.5 Å². The highest BCUT2D eigenvalue weighted by atomic mass is 32.2. The first kappa shape index (κ1) is 11.2. The smallest absolute Gasteiger partial charge is 0.150 e. The van der Waals surface area contributed by atoms with Crippen LogP contribution in [0.25, 0.3) is 0 Å². The molecule has 2 N–H and O–H groups in total. The zero-order valence-electron chi connectivity index (χ0n) is 8.80. The Morgan fingerprint density at radius 3 is 2.69 bits per heavy atom. The van der Waals surface area contributed by atoms with Crippen molar-refractivity contribution in [3.63, 3.8) is 0 Å². The van der Waals surface area contributed by atoms with Gasteiger partial charge in [-0.15, -0.1) is 0 Å². The number of nitrogen functional groups attached to an aromatic ring is 1. The van der Waals surface area contributed by atoms with Crippen LogP contribution in [0, 0.1) is 0 Å². The van der Waals surface area contributed by atoms with Gasteiger partial charge < -0.3 is 10.5 Å². The Morgan fingerprint density at radius 1 is 1.38 bits per heavy atom. The normalized spacial score (nSPS) is 20.5. The quantitative estimate of drug-likeness (QED) is 0.822. The van der Waals surface area contributed by atoms with E-state index >= 15 is 0 Å². The highest BCUT2D eigenvalue weighted by Crippen LogP contribution is 2.24. The van der Waals surface area contributed by atoms with Gasteiger partial charge >= 0.3 is 0 Å². The molecule has 0 saturated carbocycles. The van der Waals surface area contributed by atoms with Crippen molar-refractivity contribution < 1.29 is 13.2 Å². The number of nitrogens with zero attached hydrogens (tertiary/aromatic N) is 1. The van der Waals surface area contributed by atoms with Gasteiger partial charge in [-0.25, -0.2) is 8.42 Å². The second-order valence-corrected chi connectivity index (χ2v) is 6.19. The van der Waals surface area contributed by atoms with Crippen LogP contribution in [0.3, 0.4) is 0 Å². The summed E-state index contributed by atoms with van der Waals surface area (Å²) in [5.74, 6) is 0.977. The highest BCUT2D eigenvalue weighted by molar-refractivity contribution is 7.91. The van der Waals surface area contributed by atoms with Crippen molar-refractivity contribution in [1.82, 2.24) is 4.98 Å². The van der Waals surface area contributed by atoms with E-state index in [4.69, 9.17) is 10.5 Å². The Bertz CT molecular complexity index is 459. The molecule has 1 aromatic heterocycles. The molecule has 2 rings (SSSR count). The first-order chi connectivity index (χ1) is 7.57. The highest BCUT2D eigenvalue weighted by Gasteiger charge is 2.25. The molecule has 0 aliphatic carbocycles. The Labute approximate surface area is 94.5 Å². The first-order valence-corrected chi connectivity index (χ1v) is 6.95. The summed E-state index contributed by atoms with van der Waals surface area (Å²) in [6.45, 7) is 0. The van der Waals surface area contributed by atoms with Crippen molar-refractivity contribution in [2.45, 2.75) is 18.9 Å². The molecular formula is C10H14N2O3S. The fraction of sp³-hybridized carbons (Fsp3) is 0.500. The van der Waals surface area contributed by atoms with Crippen LogP contribution >= 0.6 is 0 Å². The fourth-order valence-electron chi connectivity index (χ4n) is 1.67. The van der Waals surface area contributed by atoms with Crippen molar-refractivity contribution in [2.75, 3.05) is 17.2 Å². The number of anilines is 1. The first-order valence-electron chi connectivity index (χ1n) is 5.13. The minimum absolute atomic E-state index is 0.0618. The molecule has 88 valence electrons. The summed E-state index contributed by atoms with van der Waals surface area (Å²) in [6.07, 6.45) is 4.13. The number of hydrogen-bond acceptors (Lipinski definition) is 5. The van der Waals surface area contributed by atoms with E-state index in [1.165, 1.54) is 6.20 Å². The second-order valence-electron chi connectivity index (χ2n) is 3.88. The van der Waals surface area contributed by atoms with Gasteiger partial charge in [0, 0.05) is 12.3 Å². The molecule has 1 saturated heterocycles. The molecule has 1 aromatic rings. The summed E-state index contributed by atoms with van der Waals surface area (Å²) in [4.78, 5) is 3.86. The van der Waals surface area contributed by atoms with E-state index in [9.17, 15) is 8.42 Å². The predicted molar refractivity (Wildman–Crippen MR) is 61.0 cm³/mol. The van der Waals surface area contributed by atoms with Gasteiger partial charge in [0.05, 0.1) is 23.4 Å². The second kappa shape index (κ2) is 4.29. The largest absolute Gasteiger partial charge is 0.488 e. The van der Waals surface area contributed by atoms with E-state index in [1.807, 2.05) is 0 Å². The molecule has 16 heavy (non-hydrogen) atoms. The molecule has 1 aliphatic rings. The number of sulfone groups is 1.